The van der Waals surface area contributed by atoms with Gasteiger partial charge in [-0.05, 0) is 20.8 Å². The molecule has 1 aliphatic rings. The summed E-state index contributed by atoms with van der Waals surface area (Å²) >= 11 is 0. The zero-order valence-electron chi connectivity index (χ0n) is 16.9. The Labute approximate surface area is 166 Å². The number of hydrogen-bond donors (Lipinski definition) is 2. The molecule has 7 heteroatoms. The third-order valence-electron chi connectivity index (χ3n) is 4.32. The monoisotopic (exact) mass is 383 g/mol. The molecule has 2 N–H and O–H groups in total. The highest BCUT2D eigenvalue weighted by molar-refractivity contribution is 5.93. The first-order chi connectivity index (χ1) is 13.4. The van der Waals surface area contributed by atoms with Crippen molar-refractivity contribution in [2.45, 2.75) is 26.3 Å². The molecule has 2 aromatic rings. The number of anilines is 1. The smallest absolute Gasteiger partial charge is 0.270 e. The topological polar surface area (TPSA) is 79.4 Å². The predicted molar refractivity (Wildman–Crippen MR) is 110 cm³/mol. The molecule has 0 aliphatic carbocycles. The molecule has 2 heterocycles. The van der Waals surface area contributed by atoms with Crippen LogP contribution in [0.5, 0.6) is 0 Å². The molecule has 0 bridgehead atoms. The number of carbonyl (C=O) groups is 1. The van der Waals surface area contributed by atoms with Crippen molar-refractivity contribution in [3.8, 4) is 11.4 Å². The fourth-order valence-electron chi connectivity index (χ4n) is 2.94. The van der Waals surface area contributed by atoms with Crippen LogP contribution in [-0.2, 0) is 4.74 Å². The largest absolute Gasteiger partial charge is 0.379 e. The average molecular weight is 383 g/mol. The van der Waals surface area contributed by atoms with Crippen molar-refractivity contribution in [1.82, 2.24) is 20.2 Å². The van der Waals surface area contributed by atoms with E-state index in [0.717, 1.165) is 45.0 Å². The summed E-state index contributed by atoms with van der Waals surface area (Å²) in [5, 5.41) is 6.32. The number of rotatable bonds is 6. The van der Waals surface area contributed by atoms with E-state index in [2.05, 4.69) is 25.5 Å². The number of carbonyl (C=O) groups excluding carboxylic acids is 1. The first-order valence-electron chi connectivity index (χ1n) is 9.72. The number of nitrogens with one attached hydrogen (secondary N) is 2. The fourth-order valence-corrected chi connectivity index (χ4v) is 2.94. The maximum atomic E-state index is 12.7. The van der Waals surface area contributed by atoms with Crippen molar-refractivity contribution in [3.05, 3.63) is 42.1 Å². The van der Waals surface area contributed by atoms with Gasteiger partial charge in [0.2, 0.25) is 0 Å². The van der Waals surface area contributed by atoms with E-state index in [-0.39, 0.29) is 11.4 Å². The molecule has 0 radical (unpaired) electrons. The van der Waals surface area contributed by atoms with Crippen LogP contribution >= 0.6 is 0 Å². The predicted octanol–water partition coefficient (Wildman–Crippen LogP) is 2.42. The standard InChI is InChI=1S/C21H29N5O2/c1-21(2,3)25-20(27)17-15-18(22-9-10-26-11-13-28-14-12-26)24-19(23-17)16-7-5-4-6-8-16/h4-8,15H,9-14H2,1-3H3,(H,25,27)(H,22,23,24). The highest BCUT2D eigenvalue weighted by Crippen LogP contribution is 2.18. The maximum Gasteiger partial charge on any atom is 0.270 e. The Morgan fingerprint density at radius 1 is 1.14 bits per heavy atom. The summed E-state index contributed by atoms with van der Waals surface area (Å²) in [5.41, 5.74) is 0.903. The second-order valence-corrected chi connectivity index (χ2v) is 7.91. The second kappa shape index (κ2) is 9.12. The van der Waals surface area contributed by atoms with E-state index in [4.69, 9.17) is 4.74 Å². The van der Waals surface area contributed by atoms with Crippen LogP contribution < -0.4 is 10.6 Å². The fraction of sp³-hybridized carbons (Fsp3) is 0.476. The maximum absolute atomic E-state index is 12.7. The van der Waals surface area contributed by atoms with E-state index in [1.165, 1.54) is 0 Å². The molecule has 150 valence electrons. The third-order valence-corrected chi connectivity index (χ3v) is 4.32. The van der Waals surface area contributed by atoms with E-state index in [9.17, 15) is 4.79 Å². The molecule has 3 rings (SSSR count). The Morgan fingerprint density at radius 2 is 1.86 bits per heavy atom. The van der Waals surface area contributed by atoms with E-state index in [0.29, 0.717) is 17.3 Å². The van der Waals surface area contributed by atoms with Gasteiger partial charge in [-0.1, -0.05) is 30.3 Å². The molecule has 7 nitrogen and oxygen atoms in total. The number of morpholine rings is 1. The SMILES string of the molecule is CC(C)(C)NC(=O)c1cc(NCCN2CCOCC2)nc(-c2ccccc2)n1. The van der Waals surface area contributed by atoms with Gasteiger partial charge in [0.05, 0.1) is 13.2 Å². The Hall–Kier alpha value is -2.51. The lowest BCUT2D eigenvalue weighted by Crippen LogP contribution is -2.41. The van der Waals surface area contributed by atoms with Crippen LogP contribution in [0.25, 0.3) is 11.4 Å². The quantitative estimate of drug-likeness (QED) is 0.798. The van der Waals surface area contributed by atoms with Crippen LogP contribution in [0.1, 0.15) is 31.3 Å². The van der Waals surface area contributed by atoms with Gasteiger partial charge < -0.3 is 15.4 Å². The molecular formula is C21H29N5O2. The number of benzene rings is 1. The van der Waals surface area contributed by atoms with Gasteiger partial charge in [-0.15, -0.1) is 0 Å². The summed E-state index contributed by atoms with van der Waals surface area (Å²) in [6.07, 6.45) is 0. The van der Waals surface area contributed by atoms with Crippen molar-refractivity contribution >= 4 is 11.7 Å². The van der Waals surface area contributed by atoms with Crippen LogP contribution in [0.15, 0.2) is 36.4 Å². The van der Waals surface area contributed by atoms with Gasteiger partial charge in [-0.3, -0.25) is 9.69 Å². The summed E-state index contributed by atoms with van der Waals surface area (Å²) in [6, 6.07) is 11.4. The minimum Gasteiger partial charge on any atom is -0.379 e. The molecule has 0 atom stereocenters. The van der Waals surface area contributed by atoms with Crippen molar-refractivity contribution in [2.75, 3.05) is 44.7 Å². The molecule has 1 aliphatic heterocycles. The Bertz CT molecular complexity index is 783. The minimum atomic E-state index is -0.334. The number of nitrogens with zero attached hydrogens (tertiary/aromatic N) is 3. The summed E-state index contributed by atoms with van der Waals surface area (Å²) in [6.45, 7) is 10.9. The lowest BCUT2D eigenvalue weighted by atomic mass is 10.1. The van der Waals surface area contributed by atoms with Crippen molar-refractivity contribution in [1.29, 1.82) is 0 Å². The van der Waals surface area contributed by atoms with Gasteiger partial charge in [0.25, 0.3) is 5.91 Å². The Morgan fingerprint density at radius 3 is 2.54 bits per heavy atom. The highest BCUT2D eigenvalue weighted by atomic mass is 16.5. The molecule has 0 saturated carbocycles. The van der Waals surface area contributed by atoms with E-state index in [1.54, 1.807) is 6.07 Å². The van der Waals surface area contributed by atoms with Crippen LogP contribution in [-0.4, -0.2) is 65.7 Å². The highest BCUT2D eigenvalue weighted by Gasteiger charge is 2.19. The molecule has 1 saturated heterocycles. The summed E-state index contributed by atoms with van der Waals surface area (Å²) in [7, 11) is 0. The normalized spacial score (nSPS) is 15.2. The lowest BCUT2D eigenvalue weighted by Gasteiger charge is -2.26. The molecule has 0 spiro atoms. The van der Waals surface area contributed by atoms with Gasteiger partial charge in [0, 0.05) is 43.3 Å². The Kier molecular flexibility index (Phi) is 6.59. The van der Waals surface area contributed by atoms with Crippen LogP contribution in [0.3, 0.4) is 0 Å². The van der Waals surface area contributed by atoms with E-state index >= 15 is 0 Å². The van der Waals surface area contributed by atoms with Crippen LogP contribution in [0.2, 0.25) is 0 Å². The van der Waals surface area contributed by atoms with Gasteiger partial charge in [0.15, 0.2) is 5.82 Å². The number of hydrogen-bond acceptors (Lipinski definition) is 6. The van der Waals surface area contributed by atoms with Gasteiger partial charge in [-0.25, -0.2) is 9.97 Å². The van der Waals surface area contributed by atoms with Crippen LogP contribution in [0, 0.1) is 0 Å². The molecule has 1 aromatic heterocycles. The molecule has 1 aromatic carbocycles. The summed E-state index contributed by atoms with van der Waals surface area (Å²) < 4.78 is 5.38. The number of amides is 1. The molecule has 1 amide bonds. The minimum absolute atomic E-state index is 0.205. The summed E-state index contributed by atoms with van der Waals surface area (Å²) in [5.74, 6) is 0.987. The molecular weight excluding hydrogens is 354 g/mol. The zero-order valence-corrected chi connectivity index (χ0v) is 16.9. The zero-order chi connectivity index (χ0) is 20.0. The van der Waals surface area contributed by atoms with Crippen LogP contribution in [0.4, 0.5) is 5.82 Å². The summed E-state index contributed by atoms with van der Waals surface area (Å²) in [4.78, 5) is 24.1. The molecule has 28 heavy (non-hydrogen) atoms. The lowest BCUT2D eigenvalue weighted by molar-refractivity contribution is 0.0398. The second-order valence-electron chi connectivity index (χ2n) is 7.91. The van der Waals surface area contributed by atoms with Gasteiger partial charge >= 0.3 is 0 Å². The molecule has 0 unspecified atom stereocenters. The average Bonchev–Trinajstić information content (AvgIpc) is 2.68. The first kappa shape index (κ1) is 20.2. The van der Waals surface area contributed by atoms with Crippen molar-refractivity contribution < 1.29 is 9.53 Å². The third kappa shape index (κ3) is 6.00. The number of ether oxygens (including phenoxy) is 1. The van der Waals surface area contributed by atoms with E-state index < -0.39 is 0 Å². The Balaban J connectivity index is 1.77. The molecule has 1 fully saturated rings. The van der Waals surface area contributed by atoms with Crippen molar-refractivity contribution in [2.24, 2.45) is 0 Å². The van der Waals surface area contributed by atoms with E-state index in [1.807, 2.05) is 51.1 Å². The van der Waals surface area contributed by atoms with Gasteiger partial charge in [0.1, 0.15) is 11.5 Å². The number of aromatic nitrogens is 2. The van der Waals surface area contributed by atoms with Gasteiger partial charge in [-0.2, -0.15) is 0 Å². The van der Waals surface area contributed by atoms with Crippen molar-refractivity contribution in [3.63, 3.8) is 0 Å². The first-order valence-corrected chi connectivity index (χ1v) is 9.72.